The summed E-state index contributed by atoms with van der Waals surface area (Å²) in [5, 5.41) is -0.0524. The number of H-pyrrole nitrogens is 1. The molecule has 2 heterocycles. The molecule has 1 aromatic carbocycles. The number of primary amides is 1. The summed E-state index contributed by atoms with van der Waals surface area (Å²) in [5.41, 5.74) is 3.29. The third-order valence-corrected chi connectivity index (χ3v) is 7.46. The average Bonchev–Trinajstić information content (AvgIpc) is 3.55. The summed E-state index contributed by atoms with van der Waals surface area (Å²) < 4.78 is 71.4. The van der Waals surface area contributed by atoms with Gasteiger partial charge in [-0.3, -0.25) is 14.6 Å². The number of aromatic amines is 1. The van der Waals surface area contributed by atoms with E-state index in [1.165, 1.54) is 18.3 Å². The number of alkyl halides is 3. The van der Waals surface area contributed by atoms with E-state index < -0.39 is 46.4 Å². The Morgan fingerprint density at radius 1 is 1.14 bits per heavy atom. The number of hydrogen-bond acceptors (Lipinski definition) is 3. The Bertz CT molecular complexity index is 1410. The first kappa shape index (κ1) is 23.4. The van der Waals surface area contributed by atoms with Crippen LogP contribution in [0.3, 0.4) is 0 Å². The molecule has 10 heteroatoms. The van der Waals surface area contributed by atoms with Crippen molar-refractivity contribution in [2.24, 2.45) is 11.1 Å². The molecule has 2 saturated carbocycles. The quantitative estimate of drug-likeness (QED) is 0.479. The summed E-state index contributed by atoms with van der Waals surface area (Å²) in [5.74, 6) is -4.83. The van der Waals surface area contributed by atoms with Crippen molar-refractivity contribution in [2.75, 3.05) is 0 Å². The summed E-state index contributed by atoms with van der Waals surface area (Å²) in [6.07, 6.45) is -2.68. The zero-order valence-corrected chi connectivity index (χ0v) is 18.7. The molecule has 3 aromatic rings. The standard InChI is InChI=1S/C25H22F5N3O2/c1-24(25(28,29)30)9-13(12-4-5-15(26)21(27)19(12)11-2-3-11)14(10-24)17-8-18(34)20-16(33-17)6-7-32-22(20)23(31)35/h4-8,11,13-14H,2-3,9-10H2,1H3,(H2,31,35)(H,33,34)/t13?,14?,24-/m0/s1. The van der Waals surface area contributed by atoms with Crippen LogP contribution in [0.5, 0.6) is 0 Å². The molecule has 0 spiro atoms. The van der Waals surface area contributed by atoms with Gasteiger partial charge >= 0.3 is 6.18 Å². The molecule has 3 N–H and O–H groups in total. The third-order valence-electron chi connectivity index (χ3n) is 7.46. The van der Waals surface area contributed by atoms with Gasteiger partial charge in [0, 0.05) is 23.9 Å². The van der Waals surface area contributed by atoms with Crippen molar-refractivity contribution >= 4 is 16.8 Å². The van der Waals surface area contributed by atoms with Crippen molar-refractivity contribution in [3.05, 3.63) is 74.8 Å². The van der Waals surface area contributed by atoms with Crippen molar-refractivity contribution in [1.29, 1.82) is 0 Å². The van der Waals surface area contributed by atoms with E-state index in [0.717, 1.165) is 19.1 Å². The van der Waals surface area contributed by atoms with Crippen LogP contribution in [0.1, 0.15) is 77.7 Å². The second-order valence-corrected chi connectivity index (χ2v) is 9.85. The van der Waals surface area contributed by atoms with E-state index in [2.05, 4.69) is 9.97 Å². The van der Waals surface area contributed by atoms with Crippen molar-refractivity contribution in [3.8, 4) is 0 Å². The van der Waals surface area contributed by atoms with Gasteiger partial charge in [-0.2, -0.15) is 13.2 Å². The van der Waals surface area contributed by atoms with Gasteiger partial charge in [-0.15, -0.1) is 0 Å². The first-order chi connectivity index (χ1) is 16.4. The smallest absolute Gasteiger partial charge is 0.364 e. The molecule has 35 heavy (non-hydrogen) atoms. The maximum Gasteiger partial charge on any atom is 0.394 e. The number of nitrogens with two attached hydrogens (primary N) is 1. The number of pyridine rings is 2. The summed E-state index contributed by atoms with van der Waals surface area (Å²) in [6, 6.07) is 4.92. The number of amides is 1. The Kier molecular flexibility index (Phi) is 5.26. The Hall–Kier alpha value is -3.30. The van der Waals surface area contributed by atoms with Crippen LogP contribution in [0.15, 0.2) is 35.3 Å². The number of aromatic nitrogens is 2. The Morgan fingerprint density at radius 2 is 1.83 bits per heavy atom. The minimum atomic E-state index is -4.54. The van der Waals surface area contributed by atoms with Gasteiger partial charge < -0.3 is 10.7 Å². The van der Waals surface area contributed by atoms with E-state index in [1.54, 1.807) is 0 Å². The number of nitrogens with zero attached hydrogens (tertiary/aromatic N) is 1. The lowest BCUT2D eigenvalue weighted by Crippen LogP contribution is -2.32. The Labute approximate surface area is 196 Å². The van der Waals surface area contributed by atoms with E-state index in [4.69, 9.17) is 5.73 Å². The molecular formula is C25H22F5N3O2. The van der Waals surface area contributed by atoms with Crippen LogP contribution in [-0.2, 0) is 0 Å². The first-order valence-corrected chi connectivity index (χ1v) is 11.3. The van der Waals surface area contributed by atoms with Crippen molar-refractivity contribution < 1.29 is 26.7 Å². The van der Waals surface area contributed by atoms with E-state index in [1.807, 2.05) is 0 Å². The molecule has 1 amide bonds. The van der Waals surface area contributed by atoms with Crippen LogP contribution in [0.25, 0.3) is 10.9 Å². The van der Waals surface area contributed by atoms with Crippen LogP contribution in [0.4, 0.5) is 22.0 Å². The molecule has 0 bridgehead atoms. The predicted molar refractivity (Wildman–Crippen MR) is 118 cm³/mol. The highest BCUT2D eigenvalue weighted by Crippen LogP contribution is 2.62. The maximum atomic E-state index is 14.8. The molecule has 0 saturated heterocycles. The van der Waals surface area contributed by atoms with E-state index in [-0.39, 0.29) is 46.6 Å². The SMILES string of the molecule is C[C@@]1(C(F)(F)F)CC(c2cc(=O)c3c(C(N)=O)nccc3[nH]2)C(c2ccc(F)c(F)c2C2CC2)C1. The predicted octanol–water partition coefficient (Wildman–Crippen LogP) is 5.41. The van der Waals surface area contributed by atoms with Gasteiger partial charge in [0.25, 0.3) is 5.91 Å². The minimum absolute atomic E-state index is 0.0524. The number of hydrogen-bond donors (Lipinski definition) is 2. The number of carbonyl (C=O) groups is 1. The van der Waals surface area contributed by atoms with Gasteiger partial charge in [0.05, 0.1) is 16.3 Å². The second-order valence-electron chi connectivity index (χ2n) is 9.85. The van der Waals surface area contributed by atoms with Crippen LogP contribution in [0, 0.1) is 17.0 Å². The van der Waals surface area contributed by atoms with Gasteiger partial charge in [0.15, 0.2) is 17.1 Å². The topological polar surface area (TPSA) is 88.8 Å². The fourth-order valence-electron chi connectivity index (χ4n) is 5.52. The fraction of sp³-hybridized carbons (Fsp3) is 0.400. The molecule has 184 valence electrons. The van der Waals surface area contributed by atoms with E-state index in [0.29, 0.717) is 18.4 Å². The Morgan fingerprint density at radius 3 is 2.46 bits per heavy atom. The fourth-order valence-corrected chi connectivity index (χ4v) is 5.52. The summed E-state index contributed by atoms with van der Waals surface area (Å²) in [6.45, 7) is 1.12. The number of halogens is 5. The van der Waals surface area contributed by atoms with Crippen LogP contribution < -0.4 is 11.2 Å². The average molecular weight is 491 g/mol. The van der Waals surface area contributed by atoms with Gasteiger partial charge in [-0.1, -0.05) is 13.0 Å². The highest BCUT2D eigenvalue weighted by molar-refractivity contribution is 6.03. The second kappa shape index (κ2) is 7.86. The van der Waals surface area contributed by atoms with E-state index >= 15 is 0 Å². The number of nitrogens with one attached hydrogen (secondary N) is 1. The number of rotatable bonds is 4. The molecule has 5 nitrogen and oxygen atoms in total. The van der Waals surface area contributed by atoms with Crippen LogP contribution in [-0.4, -0.2) is 22.1 Å². The van der Waals surface area contributed by atoms with Gasteiger partial charge in [-0.05, 0) is 60.8 Å². The summed E-state index contributed by atoms with van der Waals surface area (Å²) >= 11 is 0. The molecule has 2 aliphatic rings. The maximum absolute atomic E-state index is 14.8. The number of carbonyl (C=O) groups excluding carboxylic acids is 1. The zero-order valence-electron chi connectivity index (χ0n) is 18.7. The van der Waals surface area contributed by atoms with Crippen LogP contribution in [0.2, 0.25) is 0 Å². The summed E-state index contributed by atoms with van der Waals surface area (Å²) in [7, 11) is 0. The van der Waals surface area contributed by atoms with Gasteiger partial charge in [0.2, 0.25) is 0 Å². The van der Waals surface area contributed by atoms with Crippen molar-refractivity contribution in [2.45, 2.75) is 56.5 Å². The van der Waals surface area contributed by atoms with Gasteiger partial charge in [-0.25, -0.2) is 8.78 Å². The number of fused-ring (bicyclic) bond motifs is 1. The molecular weight excluding hydrogens is 469 g/mol. The Balaban J connectivity index is 1.70. The summed E-state index contributed by atoms with van der Waals surface area (Å²) in [4.78, 5) is 31.5. The monoisotopic (exact) mass is 491 g/mol. The molecule has 2 unspecified atom stereocenters. The number of benzene rings is 1. The third kappa shape index (κ3) is 3.79. The highest BCUT2D eigenvalue weighted by atomic mass is 19.4. The lowest BCUT2D eigenvalue weighted by Gasteiger charge is -2.27. The highest BCUT2D eigenvalue weighted by Gasteiger charge is 2.59. The van der Waals surface area contributed by atoms with E-state index in [9.17, 15) is 31.5 Å². The van der Waals surface area contributed by atoms with Crippen LogP contribution >= 0.6 is 0 Å². The van der Waals surface area contributed by atoms with Gasteiger partial charge in [0.1, 0.15) is 5.69 Å². The zero-order chi connectivity index (χ0) is 25.3. The van der Waals surface area contributed by atoms with Crippen molar-refractivity contribution in [3.63, 3.8) is 0 Å². The lowest BCUT2D eigenvalue weighted by atomic mass is 9.82. The normalized spacial score (nSPS) is 24.7. The minimum Gasteiger partial charge on any atom is -0.364 e. The molecule has 2 fully saturated rings. The largest absolute Gasteiger partial charge is 0.394 e. The molecule has 0 radical (unpaired) electrons. The first-order valence-electron chi connectivity index (χ1n) is 11.3. The molecule has 2 aromatic heterocycles. The molecule has 5 rings (SSSR count). The lowest BCUT2D eigenvalue weighted by molar-refractivity contribution is -0.216. The molecule has 3 atom stereocenters. The van der Waals surface area contributed by atoms with Crippen molar-refractivity contribution in [1.82, 2.24) is 9.97 Å². The molecule has 2 aliphatic carbocycles. The molecule has 0 aliphatic heterocycles.